The fraction of sp³-hybridized carbons (Fsp3) is 0.333. The maximum Gasteiger partial charge on any atom is 0.326 e. The molecule has 2 N–H and O–H groups in total. The minimum atomic E-state index is -1.03. The van der Waals surface area contributed by atoms with Crippen LogP contribution in [0.15, 0.2) is 30.5 Å². The molecule has 2 rings (SSSR count). The normalized spacial score (nSPS) is 12.6. The van der Waals surface area contributed by atoms with Crippen LogP contribution in [0.1, 0.15) is 13.8 Å². The lowest BCUT2D eigenvalue weighted by atomic mass is 10.1. The summed E-state index contributed by atoms with van der Waals surface area (Å²) in [5.74, 6) is -1.55. The Morgan fingerprint density at radius 3 is 2.67 bits per heavy atom. The molecule has 0 unspecified atom stereocenters. The largest absolute Gasteiger partial charge is 0.480 e. The Morgan fingerprint density at radius 2 is 2.05 bits per heavy atom. The summed E-state index contributed by atoms with van der Waals surface area (Å²) in [6.07, 6.45) is 1.77. The van der Waals surface area contributed by atoms with E-state index in [-0.39, 0.29) is 18.4 Å². The van der Waals surface area contributed by atoms with Crippen LogP contribution in [0.2, 0.25) is 5.02 Å². The summed E-state index contributed by atoms with van der Waals surface area (Å²) in [7, 11) is 0. The fourth-order valence-corrected chi connectivity index (χ4v) is 2.44. The molecule has 0 aliphatic rings. The summed E-state index contributed by atoms with van der Waals surface area (Å²) in [6, 6.07) is 6.41. The Labute approximate surface area is 127 Å². The van der Waals surface area contributed by atoms with E-state index in [1.165, 1.54) is 0 Å². The van der Waals surface area contributed by atoms with E-state index in [0.717, 1.165) is 10.9 Å². The summed E-state index contributed by atoms with van der Waals surface area (Å²) in [5, 5.41) is 13.1. The van der Waals surface area contributed by atoms with Crippen LogP contribution in [-0.2, 0) is 16.1 Å². The average molecular weight is 309 g/mol. The highest BCUT2D eigenvalue weighted by molar-refractivity contribution is 6.35. The van der Waals surface area contributed by atoms with Crippen molar-refractivity contribution in [3.05, 3.63) is 35.5 Å². The number of halogens is 1. The maximum absolute atomic E-state index is 12.0. The number of aromatic nitrogens is 1. The molecule has 0 spiro atoms. The average Bonchev–Trinajstić information content (AvgIpc) is 2.80. The molecule has 5 nitrogen and oxygen atoms in total. The Hall–Kier alpha value is -2.01. The second-order valence-corrected chi connectivity index (χ2v) is 5.65. The summed E-state index contributed by atoms with van der Waals surface area (Å²) in [6.45, 7) is 3.56. The van der Waals surface area contributed by atoms with Gasteiger partial charge in [0, 0.05) is 22.1 Å². The molecule has 0 bridgehead atoms. The number of carbonyl (C=O) groups excluding carboxylic acids is 1. The molecule has 6 heteroatoms. The zero-order valence-electron chi connectivity index (χ0n) is 11.8. The molecule has 2 aromatic rings. The number of nitrogens with one attached hydrogen (secondary N) is 1. The number of carboxylic acid groups (broad SMARTS) is 1. The highest BCUT2D eigenvalue weighted by Crippen LogP contribution is 2.24. The van der Waals surface area contributed by atoms with Gasteiger partial charge in [0.2, 0.25) is 5.91 Å². The third kappa shape index (κ3) is 3.36. The molecule has 112 valence electrons. The van der Waals surface area contributed by atoms with Crippen molar-refractivity contribution in [3.63, 3.8) is 0 Å². The summed E-state index contributed by atoms with van der Waals surface area (Å²) in [4.78, 5) is 23.1. The maximum atomic E-state index is 12.0. The van der Waals surface area contributed by atoms with Gasteiger partial charge in [-0.3, -0.25) is 4.79 Å². The van der Waals surface area contributed by atoms with Crippen LogP contribution < -0.4 is 5.32 Å². The topological polar surface area (TPSA) is 71.3 Å². The van der Waals surface area contributed by atoms with Crippen molar-refractivity contribution in [3.8, 4) is 0 Å². The number of fused-ring (bicyclic) bond motifs is 1. The Balaban J connectivity index is 2.15. The molecule has 0 radical (unpaired) electrons. The SMILES string of the molecule is CC(C)[C@H](NC(=O)Cn1ccc2c(Cl)cccc21)C(=O)O. The number of rotatable bonds is 5. The lowest BCUT2D eigenvalue weighted by molar-refractivity contribution is -0.143. The van der Waals surface area contributed by atoms with Crippen LogP contribution in [0, 0.1) is 5.92 Å². The molecule has 1 amide bonds. The Bertz CT molecular complexity index is 679. The van der Waals surface area contributed by atoms with Gasteiger partial charge in [-0.1, -0.05) is 31.5 Å². The number of hydrogen-bond acceptors (Lipinski definition) is 2. The van der Waals surface area contributed by atoms with Gasteiger partial charge < -0.3 is 15.0 Å². The molecule has 1 heterocycles. The van der Waals surface area contributed by atoms with Crippen molar-refractivity contribution in [1.82, 2.24) is 9.88 Å². The summed E-state index contributed by atoms with van der Waals surface area (Å²) >= 11 is 6.08. The summed E-state index contributed by atoms with van der Waals surface area (Å²) < 4.78 is 1.75. The van der Waals surface area contributed by atoms with Crippen molar-refractivity contribution in [1.29, 1.82) is 0 Å². The van der Waals surface area contributed by atoms with Crippen LogP contribution in [0.4, 0.5) is 0 Å². The van der Waals surface area contributed by atoms with Crippen LogP contribution >= 0.6 is 11.6 Å². The molecule has 0 saturated heterocycles. The first-order valence-electron chi connectivity index (χ1n) is 6.65. The molecule has 0 aliphatic carbocycles. The van der Waals surface area contributed by atoms with Crippen LogP contribution in [0.25, 0.3) is 10.9 Å². The standard InChI is InChI=1S/C15H17ClN2O3/c1-9(2)14(15(20)21)17-13(19)8-18-7-6-10-11(16)4-3-5-12(10)18/h3-7,9,14H,8H2,1-2H3,(H,17,19)(H,20,21)/t14-/m0/s1. The van der Waals surface area contributed by atoms with Gasteiger partial charge in [-0.2, -0.15) is 0 Å². The highest BCUT2D eigenvalue weighted by Gasteiger charge is 2.23. The minimum Gasteiger partial charge on any atom is -0.480 e. The van der Waals surface area contributed by atoms with E-state index >= 15 is 0 Å². The number of benzene rings is 1. The first-order chi connectivity index (χ1) is 9.90. The molecule has 0 aliphatic heterocycles. The van der Waals surface area contributed by atoms with E-state index in [9.17, 15) is 9.59 Å². The second-order valence-electron chi connectivity index (χ2n) is 5.24. The lowest BCUT2D eigenvalue weighted by Gasteiger charge is -2.18. The number of carbonyl (C=O) groups is 2. The van der Waals surface area contributed by atoms with Gasteiger partial charge in [-0.05, 0) is 24.1 Å². The molecule has 1 atom stereocenters. The third-order valence-corrected chi connectivity index (χ3v) is 3.65. The zero-order valence-corrected chi connectivity index (χ0v) is 12.6. The first-order valence-corrected chi connectivity index (χ1v) is 7.03. The van der Waals surface area contributed by atoms with Gasteiger partial charge in [-0.25, -0.2) is 4.79 Å². The van der Waals surface area contributed by atoms with Gasteiger partial charge in [0.15, 0.2) is 0 Å². The van der Waals surface area contributed by atoms with Gasteiger partial charge in [0.25, 0.3) is 0 Å². The van der Waals surface area contributed by atoms with Gasteiger partial charge in [0.05, 0.1) is 0 Å². The molecule has 0 saturated carbocycles. The van der Waals surface area contributed by atoms with Crippen LogP contribution in [-0.4, -0.2) is 27.6 Å². The predicted octanol–water partition coefficient (Wildman–Crippen LogP) is 2.52. The molecular formula is C15H17ClN2O3. The van der Waals surface area contributed by atoms with E-state index in [1.807, 2.05) is 18.2 Å². The number of carboxylic acids is 1. The van der Waals surface area contributed by atoms with Crippen LogP contribution in [0.5, 0.6) is 0 Å². The summed E-state index contributed by atoms with van der Waals surface area (Å²) in [5.41, 5.74) is 0.842. The van der Waals surface area contributed by atoms with Crippen molar-refractivity contribution in [2.24, 2.45) is 5.92 Å². The van der Waals surface area contributed by atoms with E-state index in [2.05, 4.69) is 5.32 Å². The zero-order chi connectivity index (χ0) is 15.6. The first kappa shape index (κ1) is 15.4. The number of amides is 1. The predicted molar refractivity (Wildman–Crippen MR) is 81.4 cm³/mol. The van der Waals surface area contributed by atoms with E-state index in [4.69, 9.17) is 16.7 Å². The Morgan fingerprint density at radius 1 is 1.33 bits per heavy atom. The molecule has 1 aromatic carbocycles. The van der Waals surface area contributed by atoms with Crippen molar-refractivity contribution in [2.75, 3.05) is 0 Å². The minimum absolute atomic E-state index is 0.0559. The molecule has 0 fully saturated rings. The number of aliphatic carboxylic acids is 1. The molecule has 1 aromatic heterocycles. The molecule has 21 heavy (non-hydrogen) atoms. The number of nitrogens with zero attached hydrogens (tertiary/aromatic N) is 1. The lowest BCUT2D eigenvalue weighted by Crippen LogP contribution is -2.45. The van der Waals surface area contributed by atoms with Gasteiger partial charge in [0.1, 0.15) is 12.6 Å². The van der Waals surface area contributed by atoms with E-state index in [0.29, 0.717) is 5.02 Å². The van der Waals surface area contributed by atoms with E-state index < -0.39 is 12.0 Å². The third-order valence-electron chi connectivity index (χ3n) is 3.32. The second kappa shape index (κ2) is 6.18. The monoisotopic (exact) mass is 308 g/mol. The van der Waals surface area contributed by atoms with E-state index in [1.54, 1.807) is 30.7 Å². The smallest absolute Gasteiger partial charge is 0.326 e. The number of hydrogen-bond donors (Lipinski definition) is 2. The van der Waals surface area contributed by atoms with Gasteiger partial charge in [-0.15, -0.1) is 0 Å². The van der Waals surface area contributed by atoms with Crippen molar-refractivity contribution in [2.45, 2.75) is 26.4 Å². The van der Waals surface area contributed by atoms with Gasteiger partial charge >= 0.3 is 5.97 Å². The Kier molecular flexibility index (Phi) is 4.53. The quantitative estimate of drug-likeness (QED) is 0.891. The molecular weight excluding hydrogens is 292 g/mol. The highest BCUT2D eigenvalue weighted by atomic mass is 35.5. The fourth-order valence-electron chi connectivity index (χ4n) is 2.21. The van der Waals surface area contributed by atoms with Crippen LogP contribution in [0.3, 0.4) is 0 Å². The van der Waals surface area contributed by atoms with Crippen molar-refractivity contribution < 1.29 is 14.7 Å². The van der Waals surface area contributed by atoms with Crippen molar-refractivity contribution >= 4 is 34.4 Å².